The summed E-state index contributed by atoms with van der Waals surface area (Å²) in [7, 11) is 2.05. The van der Waals surface area contributed by atoms with Crippen LogP contribution in [0.2, 0.25) is 0 Å². The Hall–Kier alpha value is -1.57. The Morgan fingerprint density at radius 3 is 2.04 bits per heavy atom. The molecular formula is C17H17ClF6O2. The third-order valence-electron chi connectivity index (χ3n) is 4.90. The normalized spacial score (nSPS) is 22.3. The fourth-order valence-electron chi connectivity index (χ4n) is 3.22. The van der Waals surface area contributed by atoms with Crippen molar-refractivity contribution in [3.63, 3.8) is 0 Å². The van der Waals surface area contributed by atoms with E-state index in [1.54, 1.807) is 13.8 Å². The Labute approximate surface area is 151 Å². The van der Waals surface area contributed by atoms with Gasteiger partial charge in [0, 0.05) is 5.56 Å². The molecule has 146 valence electrons. The minimum Gasteiger partial charge on any atom is -0.493 e. The maximum Gasteiger partial charge on any atom is 0.426 e. The summed E-state index contributed by atoms with van der Waals surface area (Å²) in [4.78, 5) is 0. The van der Waals surface area contributed by atoms with Crippen molar-refractivity contribution in [1.82, 2.24) is 0 Å². The van der Waals surface area contributed by atoms with Crippen molar-refractivity contribution in [2.24, 2.45) is 17.3 Å². The molecule has 2 nitrogen and oxygen atoms in total. The van der Waals surface area contributed by atoms with Crippen molar-refractivity contribution in [2.75, 3.05) is 14.2 Å². The maximum absolute atomic E-state index is 14.4. The molecule has 1 fully saturated rings. The summed E-state index contributed by atoms with van der Waals surface area (Å²) < 4.78 is 89.8. The van der Waals surface area contributed by atoms with E-state index in [1.807, 2.05) is 0 Å². The highest BCUT2D eigenvalue weighted by molar-refractivity contribution is 6.30. The topological polar surface area (TPSA) is 18.5 Å². The van der Waals surface area contributed by atoms with Crippen molar-refractivity contribution >= 4 is 11.6 Å². The standard InChI is InChI=1S/C17H17ClF6O2/c1-16(2)8(9(16)6-10(18)17(22,23)24)5-7-11(19)12(20)15(26-4)13(21)14(7)25-3/h6,8-9H,5H2,1-4H3/b10-6-/t8-,9+/m0/s1. The summed E-state index contributed by atoms with van der Waals surface area (Å²) in [5, 5.41) is -1.28. The monoisotopic (exact) mass is 402 g/mol. The van der Waals surface area contributed by atoms with Crippen LogP contribution in [-0.4, -0.2) is 20.4 Å². The molecule has 0 N–H and O–H groups in total. The first kappa shape index (κ1) is 20.7. The first-order valence-corrected chi connectivity index (χ1v) is 7.97. The largest absolute Gasteiger partial charge is 0.493 e. The van der Waals surface area contributed by atoms with Crippen LogP contribution in [0.25, 0.3) is 0 Å². The van der Waals surface area contributed by atoms with Crippen molar-refractivity contribution in [1.29, 1.82) is 0 Å². The Morgan fingerprint density at radius 1 is 1.04 bits per heavy atom. The molecule has 0 heterocycles. The second-order valence-electron chi connectivity index (χ2n) is 6.66. The quantitative estimate of drug-likeness (QED) is 0.470. The summed E-state index contributed by atoms with van der Waals surface area (Å²) in [5.74, 6) is -6.67. The number of methoxy groups -OCH3 is 2. The predicted octanol–water partition coefficient (Wildman–Crippen LogP) is 5.62. The lowest BCUT2D eigenvalue weighted by Gasteiger charge is -2.15. The van der Waals surface area contributed by atoms with Crippen LogP contribution < -0.4 is 9.47 Å². The smallest absolute Gasteiger partial charge is 0.426 e. The van der Waals surface area contributed by atoms with Crippen molar-refractivity contribution in [2.45, 2.75) is 26.4 Å². The van der Waals surface area contributed by atoms with Crippen LogP contribution in [0.3, 0.4) is 0 Å². The molecule has 0 aromatic heterocycles. The van der Waals surface area contributed by atoms with Gasteiger partial charge in [0.25, 0.3) is 0 Å². The zero-order valence-electron chi connectivity index (χ0n) is 14.4. The first-order chi connectivity index (χ1) is 11.9. The zero-order chi connectivity index (χ0) is 20.0. The number of ether oxygens (including phenoxy) is 2. The van der Waals surface area contributed by atoms with Crippen LogP contribution in [0, 0.1) is 34.7 Å². The van der Waals surface area contributed by atoms with Crippen molar-refractivity contribution in [3.05, 3.63) is 34.1 Å². The minimum absolute atomic E-state index is 0.219. The van der Waals surface area contributed by atoms with Gasteiger partial charge in [-0.2, -0.15) is 22.0 Å². The van der Waals surface area contributed by atoms with E-state index in [4.69, 9.17) is 16.3 Å². The van der Waals surface area contributed by atoms with E-state index in [1.165, 1.54) is 0 Å². The minimum atomic E-state index is -4.69. The summed E-state index contributed by atoms with van der Waals surface area (Å²) >= 11 is 5.27. The number of benzene rings is 1. The highest BCUT2D eigenvalue weighted by atomic mass is 35.5. The second-order valence-corrected chi connectivity index (χ2v) is 7.06. The Morgan fingerprint density at radius 2 is 1.58 bits per heavy atom. The van der Waals surface area contributed by atoms with Crippen molar-refractivity contribution < 1.29 is 35.8 Å². The molecule has 1 aromatic carbocycles. The Bertz CT molecular complexity index is 742. The van der Waals surface area contributed by atoms with Gasteiger partial charge in [0.05, 0.1) is 14.2 Å². The van der Waals surface area contributed by atoms with E-state index < -0.39 is 57.4 Å². The third-order valence-corrected chi connectivity index (χ3v) is 5.24. The molecular weight excluding hydrogens is 386 g/mol. The van der Waals surface area contributed by atoms with E-state index in [0.29, 0.717) is 0 Å². The van der Waals surface area contributed by atoms with E-state index in [-0.39, 0.29) is 12.0 Å². The molecule has 26 heavy (non-hydrogen) atoms. The van der Waals surface area contributed by atoms with E-state index in [2.05, 4.69) is 4.74 Å². The number of allylic oxidation sites excluding steroid dienone is 2. The summed E-state index contributed by atoms with van der Waals surface area (Å²) in [6, 6.07) is 0. The van der Waals surface area contributed by atoms with Gasteiger partial charge in [0.2, 0.25) is 11.6 Å². The fourth-order valence-corrected chi connectivity index (χ4v) is 3.35. The summed E-state index contributed by atoms with van der Waals surface area (Å²) in [6.45, 7) is 3.33. The lowest BCUT2D eigenvalue weighted by Crippen LogP contribution is -2.08. The molecule has 0 bridgehead atoms. The average Bonchev–Trinajstić information content (AvgIpc) is 3.04. The van der Waals surface area contributed by atoms with Crippen molar-refractivity contribution in [3.8, 4) is 11.5 Å². The number of hydrogen-bond donors (Lipinski definition) is 0. The molecule has 0 amide bonds. The van der Waals surface area contributed by atoms with Gasteiger partial charge in [-0.05, 0) is 23.7 Å². The molecule has 2 rings (SSSR count). The number of alkyl halides is 3. The van der Waals surface area contributed by atoms with Crippen LogP contribution >= 0.6 is 11.6 Å². The van der Waals surface area contributed by atoms with Crippen LogP contribution in [0.4, 0.5) is 26.3 Å². The maximum atomic E-state index is 14.4. The van der Waals surface area contributed by atoms with Gasteiger partial charge < -0.3 is 9.47 Å². The molecule has 1 aliphatic carbocycles. The average molecular weight is 403 g/mol. The van der Waals surface area contributed by atoms with E-state index >= 15 is 0 Å². The van der Waals surface area contributed by atoms with Crippen LogP contribution in [0.1, 0.15) is 19.4 Å². The molecule has 1 saturated carbocycles. The van der Waals surface area contributed by atoms with Gasteiger partial charge in [0.1, 0.15) is 5.03 Å². The van der Waals surface area contributed by atoms with Gasteiger partial charge in [-0.1, -0.05) is 31.5 Å². The SMILES string of the molecule is COc1c(F)c(F)c(C[C@H]2[C@@H](/C=C(\Cl)C(F)(F)F)C2(C)C)c(OC)c1F. The van der Waals surface area contributed by atoms with Crippen LogP contribution in [0.5, 0.6) is 11.5 Å². The highest BCUT2D eigenvalue weighted by Gasteiger charge is 2.57. The predicted molar refractivity (Wildman–Crippen MR) is 83.9 cm³/mol. The molecule has 1 aliphatic rings. The first-order valence-electron chi connectivity index (χ1n) is 7.59. The molecule has 0 aliphatic heterocycles. The lowest BCUT2D eigenvalue weighted by molar-refractivity contribution is -0.0848. The second kappa shape index (κ2) is 6.87. The third kappa shape index (κ3) is 3.48. The van der Waals surface area contributed by atoms with Gasteiger partial charge in [-0.3, -0.25) is 0 Å². The van der Waals surface area contributed by atoms with Crippen LogP contribution in [0.15, 0.2) is 11.1 Å². The zero-order valence-corrected chi connectivity index (χ0v) is 15.2. The molecule has 0 unspecified atom stereocenters. The molecule has 9 heteroatoms. The highest BCUT2D eigenvalue weighted by Crippen LogP contribution is 2.62. The lowest BCUT2D eigenvalue weighted by atomic mass is 10.0. The molecule has 1 aromatic rings. The molecule has 2 atom stereocenters. The molecule has 0 saturated heterocycles. The number of hydrogen-bond acceptors (Lipinski definition) is 2. The number of halogens is 7. The van der Waals surface area contributed by atoms with Gasteiger partial charge in [-0.25, -0.2) is 4.39 Å². The van der Waals surface area contributed by atoms with E-state index in [0.717, 1.165) is 20.3 Å². The molecule has 0 spiro atoms. The van der Waals surface area contributed by atoms with E-state index in [9.17, 15) is 26.3 Å². The van der Waals surface area contributed by atoms with Gasteiger partial charge >= 0.3 is 6.18 Å². The summed E-state index contributed by atoms with van der Waals surface area (Å²) in [5.41, 5.74) is -1.05. The Balaban J connectivity index is 2.41. The van der Waals surface area contributed by atoms with Crippen LogP contribution in [-0.2, 0) is 6.42 Å². The van der Waals surface area contributed by atoms with Gasteiger partial charge in [-0.15, -0.1) is 0 Å². The van der Waals surface area contributed by atoms with Gasteiger partial charge in [0.15, 0.2) is 17.3 Å². The number of rotatable bonds is 5. The summed E-state index contributed by atoms with van der Waals surface area (Å²) in [6.07, 6.45) is -4.05. The molecule has 0 radical (unpaired) electrons. The Kier molecular flexibility index (Phi) is 5.48. The fraction of sp³-hybridized carbons (Fsp3) is 0.529.